The molecule has 4 atom stereocenters. The van der Waals surface area contributed by atoms with Crippen LogP contribution >= 0.6 is 0 Å². The normalized spacial score (nSPS) is 17.2. The van der Waals surface area contributed by atoms with Crippen molar-refractivity contribution in [1.29, 1.82) is 0 Å². The zero-order valence-electron chi connectivity index (χ0n) is 23.6. The number of nitrogens with two attached hydrogens (primary N) is 3. The highest BCUT2D eigenvalue weighted by atomic mass is 16.4. The van der Waals surface area contributed by atoms with Gasteiger partial charge in [-0.1, -0.05) is 32.0 Å². The van der Waals surface area contributed by atoms with Crippen molar-refractivity contribution in [1.82, 2.24) is 20.5 Å². The number of aromatic nitrogens is 1. The van der Waals surface area contributed by atoms with Gasteiger partial charge in [-0.3, -0.25) is 19.4 Å². The number of carboxylic acids is 1. The lowest BCUT2D eigenvalue weighted by molar-refractivity contribution is -0.145. The molecule has 0 bridgehead atoms. The molecule has 2 heterocycles. The van der Waals surface area contributed by atoms with Gasteiger partial charge in [-0.05, 0) is 49.7 Å². The second-order valence-electron chi connectivity index (χ2n) is 10.9. The number of hydrogen-bond donors (Lipinski definition) is 7. The number of nitrogens with one attached hydrogen (secondary N) is 3. The van der Waals surface area contributed by atoms with Crippen LogP contribution in [-0.2, 0) is 25.6 Å². The minimum absolute atomic E-state index is 0.0724. The molecule has 3 amide bonds. The molecule has 0 aliphatic carbocycles. The Bertz CT molecular complexity index is 1260. The average molecular weight is 571 g/mol. The monoisotopic (exact) mass is 570 g/mol. The van der Waals surface area contributed by atoms with E-state index < -0.39 is 47.9 Å². The van der Waals surface area contributed by atoms with Crippen LogP contribution in [0.2, 0.25) is 0 Å². The molecule has 1 aromatic carbocycles. The van der Waals surface area contributed by atoms with E-state index in [4.69, 9.17) is 17.2 Å². The number of fused-ring (bicyclic) bond motifs is 1. The van der Waals surface area contributed by atoms with Gasteiger partial charge in [0.05, 0.1) is 6.04 Å². The van der Waals surface area contributed by atoms with Crippen LogP contribution in [0.3, 0.4) is 0 Å². The maximum atomic E-state index is 13.7. The summed E-state index contributed by atoms with van der Waals surface area (Å²) in [6, 6.07) is 3.71. The number of H-pyrrole nitrogens is 1. The molecule has 1 aliphatic rings. The van der Waals surface area contributed by atoms with Gasteiger partial charge in [-0.25, -0.2) is 4.79 Å². The lowest BCUT2D eigenvalue weighted by Gasteiger charge is -2.30. The van der Waals surface area contributed by atoms with E-state index in [9.17, 15) is 24.3 Å². The Kier molecular flexibility index (Phi) is 11.1. The number of aromatic amines is 1. The van der Waals surface area contributed by atoms with Crippen LogP contribution in [0.25, 0.3) is 10.9 Å². The molecule has 1 aromatic heterocycles. The second-order valence-corrected chi connectivity index (χ2v) is 10.9. The minimum Gasteiger partial charge on any atom is -0.480 e. The van der Waals surface area contributed by atoms with Gasteiger partial charge in [-0.2, -0.15) is 0 Å². The predicted molar refractivity (Wildman–Crippen MR) is 156 cm³/mol. The summed E-state index contributed by atoms with van der Waals surface area (Å²) in [5.74, 6) is -2.50. The van der Waals surface area contributed by atoms with E-state index in [2.05, 4.69) is 20.6 Å². The molecular weight excluding hydrogens is 528 g/mol. The Morgan fingerprint density at radius 2 is 1.88 bits per heavy atom. The summed E-state index contributed by atoms with van der Waals surface area (Å²) in [6.45, 7) is 4.45. The van der Waals surface area contributed by atoms with E-state index in [0.29, 0.717) is 32.2 Å². The molecule has 13 heteroatoms. The summed E-state index contributed by atoms with van der Waals surface area (Å²) in [7, 11) is 0. The fraction of sp³-hybridized carbons (Fsp3) is 0.536. The van der Waals surface area contributed by atoms with Gasteiger partial charge in [0.1, 0.15) is 18.1 Å². The van der Waals surface area contributed by atoms with Crippen molar-refractivity contribution in [2.45, 2.75) is 76.5 Å². The quantitative estimate of drug-likeness (QED) is 0.0940. The molecule has 4 unspecified atom stereocenters. The van der Waals surface area contributed by atoms with Crippen molar-refractivity contribution in [2.75, 3.05) is 13.1 Å². The standard InChI is InChI=1S/C28H42N8O5/c1-16(2)13-19(29)24(37)34-21(9-5-11-32-28(30)31)26(39)36-12-6-10-23(36)25(38)35-22(27(40)41)14-17-15-33-20-8-4-3-7-18(17)20/h3-4,7-8,15-16,19,21-23,33H,5-6,9-14,29H2,1-2H3,(H,34,37)(H,35,38)(H,40,41)(H4,30,31,32). The first-order valence-corrected chi connectivity index (χ1v) is 14.0. The van der Waals surface area contributed by atoms with E-state index >= 15 is 0 Å². The highest BCUT2D eigenvalue weighted by Crippen LogP contribution is 2.22. The molecule has 0 radical (unpaired) electrons. The fourth-order valence-corrected chi connectivity index (χ4v) is 5.15. The van der Waals surface area contributed by atoms with Gasteiger partial charge in [0.15, 0.2) is 5.96 Å². The van der Waals surface area contributed by atoms with E-state index in [1.165, 1.54) is 4.90 Å². The number of carboxylic acid groups (broad SMARTS) is 1. The number of nitrogens with zero attached hydrogens (tertiary/aromatic N) is 2. The number of amides is 3. The molecule has 1 aliphatic heterocycles. The lowest BCUT2D eigenvalue weighted by atomic mass is 10.0. The van der Waals surface area contributed by atoms with Crippen molar-refractivity contribution < 1.29 is 24.3 Å². The summed E-state index contributed by atoms with van der Waals surface area (Å²) in [5.41, 5.74) is 18.5. The third-order valence-corrected chi connectivity index (χ3v) is 7.17. The van der Waals surface area contributed by atoms with Gasteiger partial charge in [0.2, 0.25) is 17.7 Å². The van der Waals surface area contributed by atoms with Gasteiger partial charge in [0.25, 0.3) is 0 Å². The Morgan fingerprint density at radius 1 is 1.15 bits per heavy atom. The Balaban J connectivity index is 1.72. The molecule has 1 saturated heterocycles. The zero-order valence-corrected chi connectivity index (χ0v) is 23.6. The number of aliphatic imine (C=N–C) groups is 1. The second kappa shape index (κ2) is 14.5. The SMILES string of the molecule is CC(C)CC(N)C(=O)NC(CCCN=C(N)N)C(=O)N1CCCC1C(=O)NC(Cc1c[nH]c2ccccc12)C(=O)O. The summed E-state index contributed by atoms with van der Waals surface area (Å²) >= 11 is 0. The molecule has 224 valence electrons. The van der Waals surface area contributed by atoms with Crippen molar-refractivity contribution >= 4 is 40.6 Å². The Labute approximate surface area is 239 Å². The Hall–Kier alpha value is -4.13. The highest BCUT2D eigenvalue weighted by molar-refractivity contribution is 5.94. The molecule has 0 saturated carbocycles. The van der Waals surface area contributed by atoms with Crippen LogP contribution in [0, 0.1) is 5.92 Å². The van der Waals surface area contributed by atoms with E-state index in [-0.39, 0.29) is 31.3 Å². The maximum Gasteiger partial charge on any atom is 0.326 e. The highest BCUT2D eigenvalue weighted by Gasteiger charge is 2.39. The average Bonchev–Trinajstić information content (AvgIpc) is 3.56. The molecule has 3 rings (SSSR count). The molecule has 2 aromatic rings. The van der Waals surface area contributed by atoms with Crippen LogP contribution in [0.15, 0.2) is 35.5 Å². The van der Waals surface area contributed by atoms with Crippen molar-refractivity contribution in [3.8, 4) is 0 Å². The zero-order chi connectivity index (χ0) is 30.1. The predicted octanol–water partition coefficient (Wildman–Crippen LogP) is 0.183. The number of aliphatic carboxylic acids is 1. The number of para-hydroxylation sites is 1. The minimum atomic E-state index is -1.19. The third-order valence-electron chi connectivity index (χ3n) is 7.17. The number of benzene rings is 1. The first kappa shape index (κ1) is 31.4. The van der Waals surface area contributed by atoms with Crippen LogP contribution in [0.4, 0.5) is 0 Å². The molecule has 0 spiro atoms. The van der Waals surface area contributed by atoms with Crippen LogP contribution < -0.4 is 27.8 Å². The van der Waals surface area contributed by atoms with Gasteiger partial charge in [0, 0.05) is 36.6 Å². The first-order valence-electron chi connectivity index (χ1n) is 14.0. The largest absolute Gasteiger partial charge is 0.480 e. The van der Waals surface area contributed by atoms with E-state index in [1.54, 1.807) is 6.20 Å². The fourth-order valence-electron chi connectivity index (χ4n) is 5.15. The third kappa shape index (κ3) is 8.68. The first-order chi connectivity index (χ1) is 19.5. The van der Waals surface area contributed by atoms with Gasteiger partial charge < -0.3 is 42.8 Å². The summed E-state index contributed by atoms with van der Waals surface area (Å²) < 4.78 is 0. The van der Waals surface area contributed by atoms with Crippen LogP contribution in [-0.4, -0.2) is 81.9 Å². The summed E-state index contributed by atoms with van der Waals surface area (Å²) in [4.78, 5) is 60.4. The topological polar surface area (TPSA) is 222 Å². The number of hydrogen-bond acceptors (Lipinski definition) is 6. The van der Waals surface area contributed by atoms with Crippen LogP contribution in [0.5, 0.6) is 0 Å². The Morgan fingerprint density at radius 3 is 2.56 bits per heavy atom. The number of carbonyl (C=O) groups excluding carboxylic acids is 3. The number of carbonyl (C=O) groups is 4. The summed E-state index contributed by atoms with van der Waals surface area (Å²) in [6.07, 6.45) is 3.83. The molecule has 1 fully saturated rings. The summed E-state index contributed by atoms with van der Waals surface area (Å²) in [5, 5.41) is 16.1. The van der Waals surface area contributed by atoms with E-state index in [0.717, 1.165) is 16.5 Å². The molecule has 41 heavy (non-hydrogen) atoms. The number of guanidine groups is 1. The smallest absolute Gasteiger partial charge is 0.326 e. The molecular formula is C28H42N8O5. The molecule has 13 nitrogen and oxygen atoms in total. The van der Waals surface area contributed by atoms with Crippen LogP contribution in [0.1, 0.15) is 51.5 Å². The molecule has 10 N–H and O–H groups in total. The van der Waals surface area contributed by atoms with Crippen molar-refractivity contribution in [3.05, 3.63) is 36.0 Å². The van der Waals surface area contributed by atoms with Crippen molar-refractivity contribution in [3.63, 3.8) is 0 Å². The van der Waals surface area contributed by atoms with Gasteiger partial charge in [-0.15, -0.1) is 0 Å². The van der Waals surface area contributed by atoms with Gasteiger partial charge >= 0.3 is 5.97 Å². The van der Waals surface area contributed by atoms with Crippen molar-refractivity contribution in [2.24, 2.45) is 28.1 Å². The maximum absolute atomic E-state index is 13.7. The number of likely N-dealkylation sites (tertiary alicyclic amines) is 1. The number of rotatable bonds is 14. The van der Waals surface area contributed by atoms with E-state index in [1.807, 2.05) is 38.1 Å². The lowest BCUT2D eigenvalue weighted by Crippen LogP contribution is -2.57.